The summed E-state index contributed by atoms with van der Waals surface area (Å²) in [5.74, 6) is 0.124. The smallest absolute Gasteiger partial charge is 0.255 e. The molecule has 1 aromatic carbocycles. The van der Waals surface area contributed by atoms with E-state index in [4.69, 9.17) is 4.74 Å². The molecule has 6 heteroatoms. The zero-order valence-electron chi connectivity index (χ0n) is 11.0. The normalized spacial score (nSPS) is 13.9. The lowest BCUT2D eigenvalue weighted by molar-refractivity contribution is 0.386. The fraction of sp³-hybridized carbons (Fsp3) is 0.286. The summed E-state index contributed by atoms with van der Waals surface area (Å²) in [5.41, 5.74) is 1.95. The quantitative estimate of drug-likeness (QED) is 0.865. The van der Waals surface area contributed by atoms with Gasteiger partial charge in [-0.2, -0.15) is 0 Å². The molecular weight excluding hydrogens is 261 g/mol. The Kier molecular flexibility index (Phi) is 3.23. The van der Waals surface area contributed by atoms with Gasteiger partial charge in [-0.3, -0.25) is 4.79 Å². The number of fused-ring (bicyclic) bond motifs is 1. The Morgan fingerprint density at radius 2 is 2.25 bits per heavy atom. The van der Waals surface area contributed by atoms with Gasteiger partial charge in [-0.15, -0.1) is 0 Å². The maximum Gasteiger partial charge on any atom is 0.255 e. The minimum absolute atomic E-state index is 0.129. The van der Waals surface area contributed by atoms with E-state index in [1.165, 1.54) is 19.2 Å². The number of aromatic amines is 1. The van der Waals surface area contributed by atoms with Crippen LogP contribution in [0.2, 0.25) is 0 Å². The number of halogens is 1. The Labute approximate surface area is 114 Å². The molecule has 0 atom stereocenters. The van der Waals surface area contributed by atoms with Crippen LogP contribution in [0.25, 0.3) is 11.4 Å². The van der Waals surface area contributed by atoms with E-state index in [2.05, 4.69) is 15.3 Å². The predicted octanol–water partition coefficient (Wildman–Crippen LogP) is 1.23. The topological polar surface area (TPSA) is 67.0 Å². The van der Waals surface area contributed by atoms with E-state index in [-0.39, 0.29) is 11.3 Å². The highest BCUT2D eigenvalue weighted by Gasteiger charge is 2.16. The first-order valence-electron chi connectivity index (χ1n) is 6.35. The third kappa shape index (κ3) is 2.18. The molecule has 5 nitrogen and oxygen atoms in total. The van der Waals surface area contributed by atoms with Crippen molar-refractivity contribution in [2.45, 2.75) is 13.0 Å². The number of aromatic nitrogens is 2. The summed E-state index contributed by atoms with van der Waals surface area (Å²) >= 11 is 0. The van der Waals surface area contributed by atoms with Crippen molar-refractivity contribution in [1.29, 1.82) is 0 Å². The van der Waals surface area contributed by atoms with E-state index < -0.39 is 5.82 Å². The highest BCUT2D eigenvalue weighted by atomic mass is 19.1. The minimum Gasteiger partial charge on any atom is -0.494 e. The van der Waals surface area contributed by atoms with Gasteiger partial charge in [-0.25, -0.2) is 9.37 Å². The molecule has 0 amide bonds. The number of methoxy groups -OCH3 is 1. The van der Waals surface area contributed by atoms with Crippen molar-refractivity contribution in [2.24, 2.45) is 0 Å². The Hall–Kier alpha value is -2.21. The van der Waals surface area contributed by atoms with Crippen LogP contribution in [0.5, 0.6) is 5.75 Å². The first kappa shape index (κ1) is 12.8. The number of hydrogen-bond acceptors (Lipinski definition) is 4. The summed E-state index contributed by atoms with van der Waals surface area (Å²) in [4.78, 5) is 19.3. The lowest BCUT2D eigenvalue weighted by Crippen LogP contribution is -2.31. The summed E-state index contributed by atoms with van der Waals surface area (Å²) in [7, 11) is 1.40. The van der Waals surface area contributed by atoms with Crippen LogP contribution in [-0.2, 0) is 13.0 Å². The molecule has 1 aromatic heterocycles. The molecule has 2 N–H and O–H groups in total. The number of nitrogens with one attached hydrogen (secondary N) is 2. The summed E-state index contributed by atoms with van der Waals surface area (Å²) in [6, 6.07) is 4.40. The monoisotopic (exact) mass is 275 g/mol. The maximum atomic E-state index is 13.4. The Morgan fingerprint density at radius 1 is 1.40 bits per heavy atom. The standard InChI is InChI=1S/C14H14FN3O2/c1-20-12-6-8(2-3-10(12)15)13-17-11-4-5-16-7-9(11)14(19)18-13/h2-3,6,16H,4-5,7H2,1H3,(H,17,18,19). The second-order valence-electron chi connectivity index (χ2n) is 4.62. The largest absolute Gasteiger partial charge is 0.494 e. The summed E-state index contributed by atoms with van der Waals surface area (Å²) in [6.45, 7) is 1.33. The lowest BCUT2D eigenvalue weighted by atomic mass is 10.1. The zero-order chi connectivity index (χ0) is 14.1. The van der Waals surface area contributed by atoms with Crippen LogP contribution in [-0.4, -0.2) is 23.6 Å². The van der Waals surface area contributed by atoms with Gasteiger partial charge in [0.1, 0.15) is 5.82 Å². The lowest BCUT2D eigenvalue weighted by Gasteiger charge is -2.16. The third-order valence-corrected chi connectivity index (χ3v) is 3.37. The Balaban J connectivity index is 2.11. The highest BCUT2D eigenvalue weighted by Crippen LogP contribution is 2.24. The van der Waals surface area contributed by atoms with Gasteiger partial charge < -0.3 is 15.0 Å². The average molecular weight is 275 g/mol. The van der Waals surface area contributed by atoms with E-state index in [0.717, 1.165) is 12.2 Å². The summed E-state index contributed by atoms with van der Waals surface area (Å²) in [6.07, 6.45) is 0.713. The third-order valence-electron chi connectivity index (χ3n) is 3.37. The van der Waals surface area contributed by atoms with Gasteiger partial charge in [0.15, 0.2) is 11.6 Å². The number of H-pyrrole nitrogens is 1. The van der Waals surface area contributed by atoms with E-state index in [1.54, 1.807) is 6.07 Å². The van der Waals surface area contributed by atoms with E-state index >= 15 is 0 Å². The SMILES string of the molecule is COc1cc(-c2nc3c(c(=O)[nH]2)CNCC3)ccc1F. The second kappa shape index (κ2) is 5.05. The molecule has 0 bridgehead atoms. The van der Waals surface area contributed by atoms with E-state index in [9.17, 15) is 9.18 Å². The molecule has 0 saturated carbocycles. The van der Waals surface area contributed by atoms with Crippen LogP contribution in [0.1, 0.15) is 11.3 Å². The van der Waals surface area contributed by atoms with Crippen molar-refractivity contribution >= 4 is 0 Å². The zero-order valence-corrected chi connectivity index (χ0v) is 11.0. The molecule has 1 aliphatic rings. The van der Waals surface area contributed by atoms with Crippen LogP contribution in [0.3, 0.4) is 0 Å². The second-order valence-corrected chi connectivity index (χ2v) is 4.62. The molecule has 0 saturated heterocycles. The van der Waals surface area contributed by atoms with Crippen molar-refractivity contribution in [1.82, 2.24) is 15.3 Å². The van der Waals surface area contributed by atoms with Crippen molar-refractivity contribution in [2.75, 3.05) is 13.7 Å². The van der Waals surface area contributed by atoms with Crippen molar-refractivity contribution in [3.63, 3.8) is 0 Å². The number of hydrogen-bond donors (Lipinski definition) is 2. The predicted molar refractivity (Wildman–Crippen MR) is 72.2 cm³/mol. The van der Waals surface area contributed by atoms with E-state index in [1.807, 2.05) is 0 Å². The fourth-order valence-electron chi connectivity index (χ4n) is 2.30. The summed E-state index contributed by atoms with van der Waals surface area (Å²) in [5, 5.41) is 3.14. The maximum absolute atomic E-state index is 13.4. The molecule has 3 rings (SSSR count). The molecule has 1 aliphatic heterocycles. The van der Waals surface area contributed by atoms with Crippen LogP contribution < -0.4 is 15.6 Å². The molecule has 0 spiro atoms. The van der Waals surface area contributed by atoms with Gasteiger partial charge in [0.2, 0.25) is 0 Å². The number of benzene rings is 1. The van der Waals surface area contributed by atoms with Crippen LogP contribution >= 0.6 is 0 Å². The fourth-order valence-corrected chi connectivity index (χ4v) is 2.30. The summed E-state index contributed by atoms with van der Waals surface area (Å²) < 4.78 is 18.4. The molecule has 0 fully saturated rings. The average Bonchev–Trinajstić information content (AvgIpc) is 2.47. The molecule has 0 aliphatic carbocycles. The molecule has 20 heavy (non-hydrogen) atoms. The van der Waals surface area contributed by atoms with E-state index in [0.29, 0.717) is 29.9 Å². The molecule has 2 heterocycles. The minimum atomic E-state index is -0.444. The first-order valence-corrected chi connectivity index (χ1v) is 6.35. The van der Waals surface area contributed by atoms with Gasteiger partial charge >= 0.3 is 0 Å². The van der Waals surface area contributed by atoms with Crippen molar-refractivity contribution in [3.8, 4) is 17.1 Å². The molecule has 2 aromatic rings. The van der Waals surface area contributed by atoms with Gasteiger partial charge in [-0.1, -0.05) is 0 Å². The number of ether oxygens (including phenoxy) is 1. The van der Waals surface area contributed by atoms with Gasteiger partial charge in [0.05, 0.1) is 18.4 Å². The first-order chi connectivity index (χ1) is 9.69. The number of nitrogens with zero attached hydrogens (tertiary/aromatic N) is 1. The molecule has 104 valence electrons. The van der Waals surface area contributed by atoms with Crippen LogP contribution in [0.4, 0.5) is 4.39 Å². The molecule has 0 unspecified atom stereocenters. The van der Waals surface area contributed by atoms with Gasteiger partial charge in [-0.05, 0) is 18.2 Å². The number of rotatable bonds is 2. The molecule has 0 radical (unpaired) electrons. The molecular formula is C14H14FN3O2. The van der Waals surface area contributed by atoms with Crippen LogP contribution in [0.15, 0.2) is 23.0 Å². The Bertz CT molecular complexity index is 712. The van der Waals surface area contributed by atoms with Crippen LogP contribution in [0, 0.1) is 5.82 Å². The highest BCUT2D eigenvalue weighted by molar-refractivity contribution is 5.58. The van der Waals surface area contributed by atoms with Crippen molar-refractivity contribution in [3.05, 3.63) is 45.6 Å². The van der Waals surface area contributed by atoms with Crippen molar-refractivity contribution < 1.29 is 9.13 Å². The van der Waals surface area contributed by atoms with Gasteiger partial charge in [0.25, 0.3) is 5.56 Å². The Morgan fingerprint density at radius 3 is 3.05 bits per heavy atom. The van der Waals surface area contributed by atoms with Gasteiger partial charge in [0, 0.05) is 25.1 Å².